The molecule has 0 heterocycles. The van der Waals surface area contributed by atoms with Gasteiger partial charge in [0.05, 0.1) is 5.02 Å². The van der Waals surface area contributed by atoms with Crippen LogP contribution in [0.4, 0.5) is 5.69 Å². The van der Waals surface area contributed by atoms with Crippen LogP contribution in [-0.4, -0.2) is 11.5 Å². The second-order valence-electron chi connectivity index (χ2n) is 4.86. The van der Waals surface area contributed by atoms with Gasteiger partial charge in [-0.2, -0.15) is 0 Å². The van der Waals surface area contributed by atoms with E-state index in [0.29, 0.717) is 15.9 Å². The third-order valence-electron chi connectivity index (χ3n) is 3.37. The largest absolute Gasteiger partial charge is 0.389 e. The van der Waals surface area contributed by atoms with Crippen LogP contribution in [-0.2, 0) is 0 Å². The van der Waals surface area contributed by atoms with E-state index in [-0.39, 0.29) is 0 Å². The summed E-state index contributed by atoms with van der Waals surface area (Å²) in [6.07, 6.45) is 5.02. The van der Waals surface area contributed by atoms with E-state index in [1.54, 1.807) is 0 Å². The van der Waals surface area contributed by atoms with Crippen molar-refractivity contribution in [3.63, 3.8) is 0 Å². The van der Waals surface area contributed by atoms with Gasteiger partial charge in [-0.25, -0.2) is 0 Å². The lowest BCUT2D eigenvalue weighted by Gasteiger charge is -2.16. The zero-order valence-electron chi connectivity index (χ0n) is 11.7. The molecule has 0 saturated heterocycles. The number of nitrogens with one attached hydrogen (secondary N) is 1. The maximum absolute atomic E-state index is 6.15. The minimum Gasteiger partial charge on any atom is -0.389 e. The Morgan fingerprint density at radius 1 is 1.42 bits per heavy atom. The van der Waals surface area contributed by atoms with E-state index in [9.17, 15) is 0 Å². The molecule has 1 aromatic rings. The molecule has 1 rings (SSSR count). The van der Waals surface area contributed by atoms with Crippen LogP contribution in [0.3, 0.4) is 0 Å². The van der Waals surface area contributed by atoms with Gasteiger partial charge in [-0.1, -0.05) is 56.9 Å². The third-order valence-corrected chi connectivity index (χ3v) is 3.91. The van der Waals surface area contributed by atoms with Crippen molar-refractivity contribution < 1.29 is 0 Å². The average Bonchev–Trinajstić information content (AvgIpc) is 2.38. The fourth-order valence-electron chi connectivity index (χ4n) is 2.03. The predicted octanol–water partition coefficient (Wildman–Crippen LogP) is 4.60. The lowest BCUT2D eigenvalue weighted by Crippen LogP contribution is -2.14. The summed E-state index contributed by atoms with van der Waals surface area (Å²) in [6.45, 7) is 5.46. The van der Waals surface area contributed by atoms with Crippen molar-refractivity contribution in [1.29, 1.82) is 0 Å². The second-order valence-corrected chi connectivity index (χ2v) is 5.70. The summed E-state index contributed by atoms with van der Waals surface area (Å²) in [7, 11) is 0. The van der Waals surface area contributed by atoms with Crippen LogP contribution < -0.4 is 11.1 Å². The van der Waals surface area contributed by atoms with E-state index in [4.69, 9.17) is 29.6 Å². The summed E-state index contributed by atoms with van der Waals surface area (Å²) in [5.41, 5.74) is 7.35. The van der Waals surface area contributed by atoms with Crippen molar-refractivity contribution in [1.82, 2.24) is 0 Å². The number of halogens is 1. The molecule has 0 aliphatic rings. The number of nitrogens with two attached hydrogens (primary N) is 1. The monoisotopic (exact) mass is 298 g/mol. The number of anilines is 1. The van der Waals surface area contributed by atoms with Crippen LogP contribution in [0, 0.1) is 5.92 Å². The average molecular weight is 299 g/mol. The van der Waals surface area contributed by atoms with Gasteiger partial charge in [0.25, 0.3) is 0 Å². The highest BCUT2D eigenvalue weighted by atomic mass is 35.5. The Kier molecular flexibility index (Phi) is 7.17. The molecule has 0 fully saturated rings. The summed E-state index contributed by atoms with van der Waals surface area (Å²) < 4.78 is 0. The van der Waals surface area contributed by atoms with Crippen LogP contribution >= 0.6 is 23.8 Å². The molecule has 4 heteroatoms. The van der Waals surface area contributed by atoms with E-state index in [1.165, 1.54) is 25.7 Å². The first-order chi connectivity index (χ1) is 9.08. The maximum Gasteiger partial charge on any atom is 0.105 e. The fraction of sp³-hybridized carbons (Fsp3) is 0.533. The van der Waals surface area contributed by atoms with Gasteiger partial charge in [0.2, 0.25) is 0 Å². The molecule has 0 aliphatic carbocycles. The Labute approximate surface area is 126 Å². The zero-order valence-corrected chi connectivity index (χ0v) is 13.3. The summed E-state index contributed by atoms with van der Waals surface area (Å²) >= 11 is 11.1. The van der Waals surface area contributed by atoms with Crippen molar-refractivity contribution in [2.75, 3.05) is 11.9 Å². The lowest BCUT2D eigenvalue weighted by molar-refractivity contribution is 0.473. The highest BCUT2D eigenvalue weighted by Crippen LogP contribution is 2.22. The molecule has 1 aromatic carbocycles. The van der Waals surface area contributed by atoms with Crippen LogP contribution in [0.2, 0.25) is 5.02 Å². The Morgan fingerprint density at radius 2 is 2.16 bits per heavy atom. The van der Waals surface area contributed by atoms with Crippen molar-refractivity contribution in [3.05, 3.63) is 28.8 Å². The molecule has 0 spiro atoms. The summed E-state index contributed by atoms with van der Waals surface area (Å²) in [5.74, 6) is 0.717. The van der Waals surface area contributed by atoms with E-state index in [1.807, 2.05) is 18.2 Å². The predicted molar refractivity (Wildman–Crippen MR) is 89.1 cm³/mol. The maximum atomic E-state index is 6.15. The van der Waals surface area contributed by atoms with Crippen LogP contribution in [0.25, 0.3) is 0 Å². The number of thiocarbonyl (C=S) groups is 1. The Hall–Kier alpha value is -0.800. The van der Waals surface area contributed by atoms with Crippen molar-refractivity contribution >= 4 is 34.5 Å². The molecule has 1 atom stereocenters. The summed E-state index contributed by atoms with van der Waals surface area (Å²) in [6, 6.07) is 5.75. The second kappa shape index (κ2) is 8.39. The Morgan fingerprint density at radius 3 is 2.68 bits per heavy atom. The first-order valence-corrected chi connectivity index (χ1v) is 7.70. The minimum atomic E-state index is 0.339. The van der Waals surface area contributed by atoms with E-state index in [2.05, 4.69) is 19.2 Å². The van der Waals surface area contributed by atoms with Gasteiger partial charge < -0.3 is 11.1 Å². The minimum absolute atomic E-state index is 0.339. The number of rotatable bonds is 8. The highest BCUT2D eigenvalue weighted by Gasteiger charge is 2.07. The number of hydrogen-bond donors (Lipinski definition) is 2. The van der Waals surface area contributed by atoms with Crippen molar-refractivity contribution in [2.24, 2.45) is 11.7 Å². The van der Waals surface area contributed by atoms with Gasteiger partial charge in [-0.05, 0) is 30.5 Å². The molecule has 0 saturated carbocycles. The molecule has 0 amide bonds. The molecule has 1 unspecified atom stereocenters. The van der Waals surface area contributed by atoms with E-state index < -0.39 is 0 Å². The number of hydrogen-bond acceptors (Lipinski definition) is 2. The van der Waals surface area contributed by atoms with Gasteiger partial charge in [0, 0.05) is 17.8 Å². The molecule has 0 aromatic heterocycles. The normalized spacial score (nSPS) is 12.2. The van der Waals surface area contributed by atoms with Crippen LogP contribution in [0.15, 0.2) is 18.2 Å². The molecule has 0 bridgehead atoms. The van der Waals surface area contributed by atoms with Gasteiger partial charge in [0.15, 0.2) is 0 Å². The van der Waals surface area contributed by atoms with Crippen molar-refractivity contribution in [2.45, 2.75) is 39.5 Å². The van der Waals surface area contributed by atoms with Crippen LogP contribution in [0.1, 0.15) is 45.1 Å². The molecule has 3 N–H and O–H groups in total. The first-order valence-electron chi connectivity index (χ1n) is 6.91. The third kappa shape index (κ3) is 5.37. The molecule has 19 heavy (non-hydrogen) atoms. The lowest BCUT2D eigenvalue weighted by atomic mass is 9.99. The Balaban J connectivity index is 2.57. The topological polar surface area (TPSA) is 38.0 Å². The standard InChI is InChI=1S/C15H23ClN2S/c1-3-5-6-11(4-2)10-18-12-7-8-13(15(17)19)14(16)9-12/h7-9,11,18H,3-6,10H2,1-2H3,(H2,17,19). The quantitative estimate of drug-likeness (QED) is 0.689. The number of unbranched alkanes of at least 4 members (excludes halogenated alkanes) is 1. The first kappa shape index (κ1) is 16.3. The molecule has 0 aliphatic heterocycles. The molecule has 106 valence electrons. The SMILES string of the molecule is CCCCC(CC)CNc1ccc(C(N)=S)c(Cl)c1. The molecule has 0 radical (unpaired) electrons. The van der Waals surface area contributed by atoms with Gasteiger partial charge >= 0.3 is 0 Å². The van der Waals surface area contributed by atoms with E-state index in [0.717, 1.165) is 17.8 Å². The molecular weight excluding hydrogens is 276 g/mol. The van der Waals surface area contributed by atoms with E-state index >= 15 is 0 Å². The Bertz CT molecular complexity index is 421. The van der Waals surface area contributed by atoms with Gasteiger partial charge in [-0.3, -0.25) is 0 Å². The molecular formula is C15H23ClN2S. The highest BCUT2D eigenvalue weighted by molar-refractivity contribution is 7.80. The summed E-state index contributed by atoms with van der Waals surface area (Å²) in [5, 5.41) is 4.05. The fourth-order valence-corrected chi connectivity index (χ4v) is 2.55. The summed E-state index contributed by atoms with van der Waals surface area (Å²) in [4.78, 5) is 0.339. The van der Waals surface area contributed by atoms with Gasteiger partial charge in [0.1, 0.15) is 4.99 Å². The zero-order chi connectivity index (χ0) is 14.3. The van der Waals surface area contributed by atoms with Gasteiger partial charge in [-0.15, -0.1) is 0 Å². The number of benzene rings is 1. The van der Waals surface area contributed by atoms with Crippen molar-refractivity contribution in [3.8, 4) is 0 Å². The molecule has 2 nitrogen and oxygen atoms in total. The smallest absolute Gasteiger partial charge is 0.105 e. The van der Waals surface area contributed by atoms with Crippen LogP contribution in [0.5, 0.6) is 0 Å².